The smallest absolute Gasteiger partial charge is 0.254 e. The summed E-state index contributed by atoms with van der Waals surface area (Å²) >= 11 is 0. The van der Waals surface area contributed by atoms with Gasteiger partial charge in [-0.1, -0.05) is 18.2 Å². The second kappa shape index (κ2) is 6.72. The molecule has 0 bridgehead atoms. The van der Waals surface area contributed by atoms with Crippen LogP contribution >= 0.6 is 0 Å². The minimum atomic E-state index is -0.658. The summed E-state index contributed by atoms with van der Waals surface area (Å²) in [5.74, 6) is -2.22. The van der Waals surface area contributed by atoms with E-state index in [0.717, 1.165) is 12.1 Å². The summed E-state index contributed by atoms with van der Waals surface area (Å²) < 4.78 is 0. The van der Waals surface area contributed by atoms with Crippen molar-refractivity contribution in [1.29, 1.82) is 0 Å². The standard InChI is InChI=1S/C18H18N2O5/c21-14-10-13(11-15(22)16(14)23)18(25)20-8-6-19(7-9-20)17(24)12-4-2-1-3-5-12/h1-5,10-11,21-23H,6-9H2. The zero-order valence-corrected chi connectivity index (χ0v) is 13.4. The van der Waals surface area contributed by atoms with Crippen molar-refractivity contribution in [3.63, 3.8) is 0 Å². The molecule has 0 atom stereocenters. The Morgan fingerprint density at radius 1 is 0.720 bits per heavy atom. The summed E-state index contributed by atoms with van der Waals surface area (Å²) in [6.45, 7) is 1.49. The van der Waals surface area contributed by atoms with Crippen LogP contribution in [0.4, 0.5) is 0 Å². The lowest BCUT2D eigenvalue weighted by Gasteiger charge is -2.35. The summed E-state index contributed by atoms with van der Waals surface area (Å²) in [5.41, 5.74) is 0.686. The lowest BCUT2D eigenvalue weighted by molar-refractivity contribution is 0.0535. The Labute approximate surface area is 144 Å². The van der Waals surface area contributed by atoms with E-state index >= 15 is 0 Å². The number of carbonyl (C=O) groups excluding carboxylic acids is 2. The number of aromatic hydroxyl groups is 3. The monoisotopic (exact) mass is 342 g/mol. The molecule has 0 saturated carbocycles. The topological polar surface area (TPSA) is 101 Å². The molecule has 7 heteroatoms. The van der Waals surface area contributed by atoms with E-state index in [1.165, 1.54) is 0 Å². The van der Waals surface area contributed by atoms with Gasteiger partial charge in [-0.15, -0.1) is 0 Å². The first-order valence-corrected chi connectivity index (χ1v) is 7.86. The zero-order chi connectivity index (χ0) is 18.0. The maximum absolute atomic E-state index is 12.5. The molecule has 0 aromatic heterocycles. The van der Waals surface area contributed by atoms with Gasteiger partial charge in [0, 0.05) is 37.3 Å². The molecular formula is C18H18N2O5. The highest BCUT2D eigenvalue weighted by atomic mass is 16.3. The number of benzene rings is 2. The molecule has 1 aliphatic rings. The molecule has 1 heterocycles. The van der Waals surface area contributed by atoms with Crippen molar-refractivity contribution in [1.82, 2.24) is 9.80 Å². The lowest BCUT2D eigenvalue weighted by Crippen LogP contribution is -2.50. The van der Waals surface area contributed by atoms with E-state index in [-0.39, 0.29) is 17.4 Å². The minimum absolute atomic E-state index is 0.0763. The van der Waals surface area contributed by atoms with Gasteiger partial charge in [0.1, 0.15) is 0 Å². The summed E-state index contributed by atoms with van der Waals surface area (Å²) in [6, 6.07) is 11.2. The molecule has 3 rings (SSSR count). The van der Waals surface area contributed by atoms with Gasteiger partial charge in [0.25, 0.3) is 11.8 Å². The fourth-order valence-corrected chi connectivity index (χ4v) is 2.79. The predicted molar refractivity (Wildman–Crippen MR) is 89.7 cm³/mol. The summed E-state index contributed by atoms with van der Waals surface area (Å²) in [5, 5.41) is 28.4. The summed E-state index contributed by atoms with van der Waals surface area (Å²) in [6.07, 6.45) is 0. The average Bonchev–Trinajstić information content (AvgIpc) is 2.65. The van der Waals surface area contributed by atoms with Gasteiger partial charge < -0.3 is 25.1 Å². The van der Waals surface area contributed by atoms with Gasteiger partial charge in [-0.3, -0.25) is 9.59 Å². The second-order valence-corrected chi connectivity index (χ2v) is 5.81. The predicted octanol–water partition coefficient (Wildman–Crippen LogP) is 1.40. The molecular weight excluding hydrogens is 324 g/mol. The number of hydrogen-bond acceptors (Lipinski definition) is 5. The third kappa shape index (κ3) is 3.35. The zero-order valence-electron chi connectivity index (χ0n) is 13.4. The molecule has 7 nitrogen and oxygen atoms in total. The Balaban J connectivity index is 1.66. The maximum Gasteiger partial charge on any atom is 0.254 e. The minimum Gasteiger partial charge on any atom is -0.504 e. The Bertz CT molecular complexity index is 775. The van der Waals surface area contributed by atoms with Gasteiger partial charge in [-0.2, -0.15) is 0 Å². The van der Waals surface area contributed by atoms with Crippen LogP contribution < -0.4 is 0 Å². The van der Waals surface area contributed by atoms with E-state index < -0.39 is 17.2 Å². The average molecular weight is 342 g/mol. The Hall–Kier alpha value is -3.22. The fraction of sp³-hybridized carbons (Fsp3) is 0.222. The van der Waals surface area contributed by atoms with Crippen LogP contribution in [-0.4, -0.2) is 63.1 Å². The highest BCUT2D eigenvalue weighted by molar-refractivity contribution is 5.96. The number of hydrogen-bond donors (Lipinski definition) is 3. The molecule has 1 fully saturated rings. The van der Waals surface area contributed by atoms with Crippen molar-refractivity contribution in [2.45, 2.75) is 0 Å². The van der Waals surface area contributed by atoms with Crippen LogP contribution in [0.25, 0.3) is 0 Å². The third-order valence-corrected chi connectivity index (χ3v) is 4.19. The van der Waals surface area contributed by atoms with E-state index in [4.69, 9.17) is 0 Å². The molecule has 0 unspecified atom stereocenters. The number of nitrogens with zero attached hydrogens (tertiary/aromatic N) is 2. The molecule has 3 N–H and O–H groups in total. The number of phenols is 3. The van der Waals surface area contributed by atoms with Crippen LogP contribution in [0, 0.1) is 0 Å². The van der Waals surface area contributed by atoms with Crippen LogP contribution in [-0.2, 0) is 0 Å². The fourth-order valence-electron chi connectivity index (χ4n) is 2.79. The van der Waals surface area contributed by atoms with Gasteiger partial charge in [0.2, 0.25) is 0 Å². The molecule has 0 aliphatic carbocycles. The van der Waals surface area contributed by atoms with Crippen molar-refractivity contribution in [3.8, 4) is 17.2 Å². The van der Waals surface area contributed by atoms with Crippen molar-refractivity contribution in [2.75, 3.05) is 26.2 Å². The second-order valence-electron chi connectivity index (χ2n) is 5.81. The van der Waals surface area contributed by atoms with E-state index in [1.807, 2.05) is 6.07 Å². The number of phenolic OH excluding ortho intramolecular Hbond substituents is 3. The normalized spacial score (nSPS) is 14.4. The molecule has 25 heavy (non-hydrogen) atoms. The largest absolute Gasteiger partial charge is 0.504 e. The molecule has 130 valence electrons. The first-order valence-electron chi connectivity index (χ1n) is 7.86. The number of piperazine rings is 1. The van der Waals surface area contributed by atoms with Gasteiger partial charge in [-0.25, -0.2) is 0 Å². The van der Waals surface area contributed by atoms with E-state index in [1.54, 1.807) is 34.1 Å². The van der Waals surface area contributed by atoms with Crippen LogP contribution in [0.15, 0.2) is 42.5 Å². The Morgan fingerprint density at radius 2 is 1.16 bits per heavy atom. The molecule has 0 spiro atoms. The molecule has 2 amide bonds. The Kier molecular flexibility index (Phi) is 4.47. The van der Waals surface area contributed by atoms with E-state index in [9.17, 15) is 24.9 Å². The van der Waals surface area contributed by atoms with Gasteiger partial charge in [-0.05, 0) is 24.3 Å². The number of rotatable bonds is 2. The van der Waals surface area contributed by atoms with E-state index in [2.05, 4.69) is 0 Å². The summed E-state index contributed by atoms with van der Waals surface area (Å²) in [4.78, 5) is 28.1. The van der Waals surface area contributed by atoms with Crippen LogP contribution in [0.2, 0.25) is 0 Å². The SMILES string of the molecule is O=C(c1ccccc1)N1CCN(C(=O)c2cc(O)c(O)c(O)c2)CC1. The summed E-state index contributed by atoms with van der Waals surface area (Å²) in [7, 11) is 0. The van der Waals surface area contributed by atoms with Crippen LogP contribution in [0.3, 0.4) is 0 Å². The quantitative estimate of drug-likeness (QED) is 0.716. The van der Waals surface area contributed by atoms with Crippen LogP contribution in [0.5, 0.6) is 17.2 Å². The van der Waals surface area contributed by atoms with Crippen molar-refractivity contribution in [2.24, 2.45) is 0 Å². The maximum atomic E-state index is 12.5. The van der Waals surface area contributed by atoms with Gasteiger partial charge in [0.05, 0.1) is 0 Å². The lowest BCUT2D eigenvalue weighted by atomic mass is 10.1. The first-order chi connectivity index (χ1) is 12.0. The molecule has 2 aromatic carbocycles. The molecule has 2 aromatic rings. The van der Waals surface area contributed by atoms with E-state index in [0.29, 0.717) is 31.7 Å². The third-order valence-electron chi connectivity index (χ3n) is 4.19. The Morgan fingerprint density at radius 3 is 1.64 bits per heavy atom. The number of amides is 2. The number of carbonyl (C=O) groups is 2. The highest BCUT2D eigenvalue weighted by Crippen LogP contribution is 2.35. The van der Waals surface area contributed by atoms with Gasteiger partial charge in [0.15, 0.2) is 17.2 Å². The van der Waals surface area contributed by atoms with Crippen molar-refractivity contribution >= 4 is 11.8 Å². The van der Waals surface area contributed by atoms with Crippen molar-refractivity contribution in [3.05, 3.63) is 53.6 Å². The highest BCUT2D eigenvalue weighted by Gasteiger charge is 2.26. The van der Waals surface area contributed by atoms with Crippen LogP contribution in [0.1, 0.15) is 20.7 Å². The van der Waals surface area contributed by atoms with Crippen molar-refractivity contribution < 1.29 is 24.9 Å². The molecule has 1 saturated heterocycles. The van der Waals surface area contributed by atoms with Gasteiger partial charge >= 0.3 is 0 Å². The molecule has 0 radical (unpaired) electrons. The molecule has 1 aliphatic heterocycles. The first kappa shape index (κ1) is 16.6.